The van der Waals surface area contributed by atoms with E-state index in [0.717, 1.165) is 16.9 Å². The van der Waals surface area contributed by atoms with E-state index in [-0.39, 0.29) is 0 Å². The minimum Gasteiger partial charge on any atom is -0.497 e. The van der Waals surface area contributed by atoms with Crippen molar-refractivity contribution in [2.75, 3.05) is 28.4 Å². The van der Waals surface area contributed by atoms with Crippen molar-refractivity contribution in [1.29, 1.82) is 0 Å². The van der Waals surface area contributed by atoms with Crippen LogP contribution in [0.5, 0.6) is 23.0 Å². The maximum atomic E-state index is 5.35. The monoisotopic (exact) mass is 326 g/mol. The average Bonchev–Trinajstić information content (AvgIpc) is 2.64. The van der Waals surface area contributed by atoms with Gasteiger partial charge in [0.05, 0.1) is 28.4 Å². The minimum atomic E-state index is 0.589. The number of benzene rings is 2. The first-order chi connectivity index (χ1) is 11.7. The number of rotatable bonds is 7. The van der Waals surface area contributed by atoms with Crippen molar-refractivity contribution in [2.24, 2.45) is 0 Å². The van der Waals surface area contributed by atoms with Gasteiger partial charge in [-0.05, 0) is 35.4 Å². The summed E-state index contributed by atoms with van der Waals surface area (Å²) in [5.74, 6) is 2.71. The van der Waals surface area contributed by atoms with E-state index in [1.54, 1.807) is 28.4 Å². The van der Waals surface area contributed by atoms with Crippen LogP contribution in [-0.4, -0.2) is 28.4 Å². The standard InChI is InChI=1S/C20H22O4/c1-21-17-11-9-15(10-12-17)7-5-6-8-16-13-18(22-2)20(24-4)19(14-16)23-3/h5-14H,1-4H3. The number of hydrogen-bond acceptors (Lipinski definition) is 4. The lowest BCUT2D eigenvalue weighted by Gasteiger charge is -2.12. The molecule has 0 N–H and O–H groups in total. The molecule has 4 heteroatoms. The molecule has 0 aliphatic carbocycles. The van der Waals surface area contributed by atoms with Gasteiger partial charge >= 0.3 is 0 Å². The van der Waals surface area contributed by atoms with Crippen molar-refractivity contribution >= 4 is 12.2 Å². The van der Waals surface area contributed by atoms with Crippen LogP contribution >= 0.6 is 0 Å². The summed E-state index contributed by atoms with van der Waals surface area (Å²) in [6.45, 7) is 0. The molecule has 0 atom stereocenters. The maximum absolute atomic E-state index is 5.35. The van der Waals surface area contributed by atoms with Crippen molar-refractivity contribution in [3.63, 3.8) is 0 Å². The van der Waals surface area contributed by atoms with E-state index in [1.807, 2.05) is 60.7 Å². The van der Waals surface area contributed by atoms with Gasteiger partial charge in [-0.25, -0.2) is 0 Å². The Morgan fingerprint density at radius 2 is 1.17 bits per heavy atom. The summed E-state index contributed by atoms with van der Waals surface area (Å²) >= 11 is 0. The number of hydrogen-bond donors (Lipinski definition) is 0. The van der Waals surface area contributed by atoms with Crippen LogP contribution in [0.1, 0.15) is 11.1 Å². The first-order valence-corrected chi connectivity index (χ1v) is 7.50. The van der Waals surface area contributed by atoms with Gasteiger partial charge in [-0.15, -0.1) is 0 Å². The predicted molar refractivity (Wildman–Crippen MR) is 97.2 cm³/mol. The van der Waals surface area contributed by atoms with Gasteiger partial charge in [-0.2, -0.15) is 0 Å². The van der Waals surface area contributed by atoms with E-state index < -0.39 is 0 Å². The highest BCUT2D eigenvalue weighted by molar-refractivity contribution is 5.64. The number of methoxy groups -OCH3 is 4. The molecule has 0 unspecified atom stereocenters. The Kier molecular flexibility index (Phi) is 6.32. The fraction of sp³-hybridized carbons (Fsp3) is 0.200. The summed E-state index contributed by atoms with van der Waals surface area (Å²) < 4.78 is 21.2. The van der Waals surface area contributed by atoms with Gasteiger partial charge in [0.2, 0.25) is 5.75 Å². The van der Waals surface area contributed by atoms with Gasteiger partial charge in [-0.1, -0.05) is 36.4 Å². The van der Waals surface area contributed by atoms with Crippen LogP contribution in [0.25, 0.3) is 12.2 Å². The number of allylic oxidation sites excluding steroid dienone is 2. The first-order valence-electron chi connectivity index (χ1n) is 7.50. The molecule has 0 aliphatic rings. The van der Waals surface area contributed by atoms with E-state index in [9.17, 15) is 0 Å². The van der Waals surface area contributed by atoms with Crippen molar-refractivity contribution in [3.05, 3.63) is 59.7 Å². The topological polar surface area (TPSA) is 36.9 Å². The normalized spacial score (nSPS) is 11.0. The van der Waals surface area contributed by atoms with Gasteiger partial charge in [0.15, 0.2) is 11.5 Å². The van der Waals surface area contributed by atoms with Crippen LogP contribution in [0.2, 0.25) is 0 Å². The molecule has 2 rings (SSSR count). The average molecular weight is 326 g/mol. The maximum Gasteiger partial charge on any atom is 0.203 e. The van der Waals surface area contributed by atoms with Crippen LogP contribution < -0.4 is 18.9 Å². The molecular formula is C20H22O4. The molecule has 0 saturated carbocycles. The lowest BCUT2D eigenvalue weighted by Crippen LogP contribution is -1.95. The molecule has 0 amide bonds. The zero-order valence-electron chi connectivity index (χ0n) is 14.4. The second kappa shape index (κ2) is 8.67. The van der Waals surface area contributed by atoms with Crippen LogP contribution in [0.4, 0.5) is 0 Å². The zero-order valence-corrected chi connectivity index (χ0v) is 14.4. The van der Waals surface area contributed by atoms with Crippen molar-refractivity contribution < 1.29 is 18.9 Å². The first kappa shape index (κ1) is 17.5. The smallest absolute Gasteiger partial charge is 0.203 e. The SMILES string of the molecule is COc1ccc(C=CC=Cc2cc(OC)c(OC)c(OC)c2)cc1. The fourth-order valence-corrected chi connectivity index (χ4v) is 2.25. The molecule has 0 saturated heterocycles. The van der Waals surface area contributed by atoms with Crippen LogP contribution in [0.3, 0.4) is 0 Å². The second-order valence-electron chi connectivity index (χ2n) is 4.95. The Hall–Kier alpha value is -2.88. The zero-order chi connectivity index (χ0) is 17.4. The Balaban J connectivity index is 2.14. The van der Waals surface area contributed by atoms with Gasteiger partial charge < -0.3 is 18.9 Å². The van der Waals surface area contributed by atoms with Crippen LogP contribution in [-0.2, 0) is 0 Å². The molecule has 2 aromatic carbocycles. The largest absolute Gasteiger partial charge is 0.497 e. The third-order valence-electron chi connectivity index (χ3n) is 3.49. The Morgan fingerprint density at radius 3 is 1.62 bits per heavy atom. The summed E-state index contributed by atoms with van der Waals surface area (Å²) in [5, 5.41) is 0. The summed E-state index contributed by atoms with van der Waals surface area (Å²) in [6.07, 6.45) is 7.94. The predicted octanol–water partition coefficient (Wildman–Crippen LogP) is 4.45. The molecule has 24 heavy (non-hydrogen) atoms. The Morgan fingerprint density at radius 1 is 0.625 bits per heavy atom. The van der Waals surface area contributed by atoms with E-state index in [2.05, 4.69) is 0 Å². The highest BCUT2D eigenvalue weighted by Gasteiger charge is 2.11. The minimum absolute atomic E-state index is 0.589. The Labute approximate surface area is 142 Å². The lowest BCUT2D eigenvalue weighted by atomic mass is 10.1. The van der Waals surface area contributed by atoms with Crippen molar-refractivity contribution in [2.45, 2.75) is 0 Å². The van der Waals surface area contributed by atoms with E-state index in [0.29, 0.717) is 17.2 Å². The highest BCUT2D eigenvalue weighted by Crippen LogP contribution is 2.38. The summed E-state index contributed by atoms with van der Waals surface area (Å²) in [4.78, 5) is 0. The molecule has 0 aliphatic heterocycles. The van der Waals surface area contributed by atoms with Crippen molar-refractivity contribution in [3.8, 4) is 23.0 Å². The molecule has 4 nitrogen and oxygen atoms in total. The fourth-order valence-electron chi connectivity index (χ4n) is 2.25. The third-order valence-corrected chi connectivity index (χ3v) is 3.49. The molecule has 0 aromatic heterocycles. The molecule has 126 valence electrons. The molecule has 0 radical (unpaired) electrons. The summed E-state index contributed by atoms with van der Waals surface area (Å²) in [5.41, 5.74) is 2.06. The van der Waals surface area contributed by atoms with Crippen molar-refractivity contribution in [1.82, 2.24) is 0 Å². The summed E-state index contributed by atoms with van der Waals surface area (Å²) in [7, 11) is 6.46. The van der Waals surface area contributed by atoms with Crippen LogP contribution in [0, 0.1) is 0 Å². The Bertz CT molecular complexity index is 690. The van der Waals surface area contributed by atoms with E-state index >= 15 is 0 Å². The molecular weight excluding hydrogens is 304 g/mol. The van der Waals surface area contributed by atoms with Gasteiger partial charge in [-0.3, -0.25) is 0 Å². The van der Waals surface area contributed by atoms with Gasteiger partial charge in [0.25, 0.3) is 0 Å². The number of ether oxygens (including phenoxy) is 4. The molecule has 0 heterocycles. The summed E-state index contributed by atoms with van der Waals surface area (Å²) in [6, 6.07) is 11.7. The van der Waals surface area contributed by atoms with E-state index in [1.165, 1.54) is 0 Å². The molecule has 0 bridgehead atoms. The second-order valence-corrected chi connectivity index (χ2v) is 4.95. The molecule has 2 aromatic rings. The highest BCUT2D eigenvalue weighted by atomic mass is 16.5. The van der Waals surface area contributed by atoms with Gasteiger partial charge in [0, 0.05) is 0 Å². The van der Waals surface area contributed by atoms with Crippen LogP contribution in [0.15, 0.2) is 48.6 Å². The molecule has 0 spiro atoms. The third kappa shape index (κ3) is 4.32. The van der Waals surface area contributed by atoms with E-state index in [4.69, 9.17) is 18.9 Å². The lowest BCUT2D eigenvalue weighted by molar-refractivity contribution is 0.324. The van der Waals surface area contributed by atoms with Gasteiger partial charge in [0.1, 0.15) is 5.75 Å². The molecule has 0 fully saturated rings. The quantitative estimate of drug-likeness (QED) is 0.705.